The van der Waals surface area contributed by atoms with Crippen LogP contribution in [0.1, 0.15) is 9.67 Å². The zero-order valence-electron chi connectivity index (χ0n) is 13.8. The first-order valence-corrected chi connectivity index (χ1v) is 9.94. The third kappa shape index (κ3) is 3.82. The number of hydrogen-bond acceptors (Lipinski definition) is 6. The molecule has 0 aliphatic heterocycles. The maximum Gasteiger partial charge on any atom is 0.387 e. The van der Waals surface area contributed by atoms with Gasteiger partial charge in [0.2, 0.25) is 0 Å². The molecule has 6 nitrogen and oxygen atoms in total. The number of rotatable bonds is 4. The average Bonchev–Trinajstić information content (AvgIpc) is 3.32. The number of carbonyl (C=O) groups excluding carboxylic acids is 1. The summed E-state index contributed by atoms with van der Waals surface area (Å²) in [5.74, 6) is 0.101. The topological polar surface area (TPSA) is 95.0 Å². The molecule has 4 aromatic rings. The van der Waals surface area contributed by atoms with Crippen molar-refractivity contribution in [3.8, 4) is 21.8 Å². The van der Waals surface area contributed by atoms with E-state index in [1.165, 1.54) is 22.7 Å². The Bertz CT molecular complexity index is 1120. The number of aromatic nitrogens is 3. The van der Waals surface area contributed by atoms with Gasteiger partial charge in [-0.25, -0.2) is 9.97 Å². The number of thiophene rings is 1. The second kappa shape index (κ2) is 7.43. The lowest BCUT2D eigenvalue weighted by atomic mass is 10.2. The number of anilines is 2. The fourth-order valence-corrected chi connectivity index (χ4v) is 4.23. The van der Waals surface area contributed by atoms with Crippen LogP contribution in [-0.2, 0) is 0 Å². The van der Waals surface area contributed by atoms with Crippen molar-refractivity contribution >= 4 is 51.3 Å². The van der Waals surface area contributed by atoms with Crippen LogP contribution in [0.4, 0.5) is 11.1 Å². The summed E-state index contributed by atoms with van der Waals surface area (Å²) < 4.78 is 0. The molecule has 4 N–H and O–H groups in total. The number of nitrogens with one attached hydrogen (secondary N) is 2. The second-order valence-electron chi connectivity index (χ2n) is 5.50. The summed E-state index contributed by atoms with van der Waals surface area (Å²) in [7, 11) is 0. The molecule has 1 amide bonds. The van der Waals surface area contributed by atoms with Gasteiger partial charge in [0.15, 0.2) is 10.8 Å². The number of carbonyl (C=O) groups is 1. The molecular formula is C18H13ClN5OS2+. The van der Waals surface area contributed by atoms with Gasteiger partial charge in [0.1, 0.15) is 0 Å². The van der Waals surface area contributed by atoms with Gasteiger partial charge in [-0.3, -0.25) is 15.8 Å². The summed E-state index contributed by atoms with van der Waals surface area (Å²) in [6, 6.07) is 12.9. The van der Waals surface area contributed by atoms with Crippen molar-refractivity contribution in [3.05, 3.63) is 63.9 Å². The number of nitrogens with zero attached hydrogens (tertiary/aromatic N) is 2. The van der Waals surface area contributed by atoms with Crippen LogP contribution in [0.3, 0.4) is 0 Å². The van der Waals surface area contributed by atoms with Crippen LogP contribution in [0.2, 0.25) is 5.02 Å². The lowest BCUT2D eigenvalue weighted by Crippen LogP contribution is -2.11. The molecule has 0 unspecified atom stereocenters. The number of H-pyrrole nitrogens is 1. The Morgan fingerprint density at radius 3 is 2.78 bits per heavy atom. The first-order chi connectivity index (χ1) is 13.1. The number of nitrogen functional groups attached to an aromatic ring is 1. The maximum absolute atomic E-state index is 12.5. The summed E-state index contributed by atoms with van der Waals surface area (Å²) in [6.45, 7) is 0. The van der Waals surface area contributed by atoms with Gasteiger partial charge in [0.05, 0.1) is 21.6 Å². The third-order valence-corrected chi connectivity index (χ3v) is 5.86. The number of benzene rings is 1. The summed E-state index contributed by atoms with van der Waals surface area (Å²) in [5.41, 5.74) is 7.94. The van der Waals surface area contributed by atoms with Crippen molar-refractivity contribution < 1.29 is 9.78 Å². The maximum atomic E-state index is 12.5. The van der Waals surface area contributed by atoms with Crippen LogP contribution >= 0.6 is 34.3 Å². The highest BCUT2D eigenvalue weighted by Crippen LogP contribution is 2.31. The van der Waals surface area contributed by atoms with E-state index in [4.69, 9.17) is 17.3 Å². The molecule has 1 aromatic carbocycles. The SMILES string of the molecule is Nc1nc(-c2ccc(C(=O)Nc3nc(-c4ccccc4Cl)cs3)s2)cc[nH+]1. The van der Waals surface area contributed by atoms with E-state index in [0.717, 1.165) is 16.1 Å². The summed E-state index contributed by atoms with van der Waals surface area (Å²) in [6.07, 6.45) is 1.71. The molecule has 0 fully saturated rings. The van der Waals surface area contributed by atoms with E-state index in [-0.39, 0.29) is 5.91 Å². The molecule has 4 rings (SSSR count). The Labute approximate surface area is 167 Å². The minimum atomic E-state index is -0.221. The first kappa shape index (κ1) is 17.6. The van der Waals surface area contributed by atoms with E-state index in [1.807, 2.05) is 35.7 Å². The van der Waals surface area contributed by atoms with Gasteiger partial charge in [-0.15, -0.1) is 22.7 Å². The van der Waals surface area contributed by atoms with Gasteiger partial charge in [-0.05, 0) is 18.2 Å². The van der Waals surface area contributed by atoms with Crippen LogP contribution in [0.5, 0.6) is 0 Å². The van der Waals surface area contributed by atoms with Gasteiger partial charge >= 0.3 is 5.95 Å². The van der Waals surface area contributed by atoms with Gasteiger partial charge in [0, 0.05) is 22.0 Å². The Morgan fingerprint density at radius 2 is 1.96 bits per heavy atom. The van der Waals surface area contributed by atoms with Crippen LogP contribution in [0, 0.1) is 0 Å². The number of hydrogen-bond donors (Lipinski definition) is 2. The van der Waals surface area contributed by atoms with Crippen molar-refractivity contribution in [2.75, 3.05) is 11.1 Å². The average molecular weight is 415 g/mol. The molecular weight excluding hydrogens is 402 g/mol. The van der Waals surface area contributed by atoms with Gasteiger partial charge in [0.25, 0.3) is 5.91 Å². The van der Waals surface area contributed by atoms with E-state index in [2.05, 4.69) is 20.3 Å². The first-order valence-electron chi connectivity index (χ1n) is 7.86. The summed E-state index contributed by atoms with van der Waals surface area (Å²) in [4.78, 5) is 25.4. The predicted molar refractivity (Wildman–Crippen MR) is 109 cm³/mol. The standard InChI is InChI=1S/C18H12ClN5OS2/c19-11-4-2-1-3-10(11)13-9-26-18(23-13)24-16(25)15-6-5-14(27-15)12-7-8-21-17(20)22-12/h1-9H,(H2,20,21,22)(H,23,24,25)/p+1. The highest BCUT2D eigenvalue weighted by Gasteiger charge is 2.15. The van der Waals surface area contributed by atoms with E-state index >= 15 is 0 Å². The van der Waals surface area contributed by atoms with Crippen molar-refractivity contribution in [2.24, 2.45) is 0 Å². The van der Waals surface area contributed by atoms with Crippen molar-refractivity contribution in [1.82, 2.24) is 9.97 Å². The van der Waals surface area contributed by atoms with Crippen molar-refractivity contribution in [3.63, 3.8) is 0 Å². The molecule has 0 bridgehead atoms. The lowest BCUT2D eigenvalue weighted by Gasteiger charge is -2.00. The van der Waals surface area contributed by atoms with Crippen molar-refractivity contribution in [1.29, 1.82) is 0 Å². The third-order valence-electron chi connectivity index (χ3n) is 3.67. The van der Waals surface area contributed by atoms with Gasteiger partial charge < -0.3 is 0 Å². The minimum absolute atomic E-state index is 0.221. The molecule has 3 heterocycles. The summed E-state index contributed by atoms with van der Waals surface area (Å²) >= 11 is 8.89. The largest absolute Gasteiger partial charge is 0.387 e. The molecule has 0 spiro atoms. The molecule has 0 saturated heterocycles. The van der Waals surface area contributed by atoms with Crippen LogP contribution in [0.15, 0.2) is 54.0 Å². The molecule has 9 heteroatoms. The minimum Gasteiger partial charge on any atom is -0.297 e. The molecule has 0 saturated carbocycles. The fourth-order valence-electron chi connectivity index (χ4n) is 2.42. The van der Waals surface area contributed by atoms with E-state index < -0.39 is 0 Å². The zero-order valence-corrected chi connectivity index (χ0v) is 16.2. The fraction of sp³-hybridized carbons (Fsp3) is 0. The number of amides is 1. The Morgan fingerprint density at radius 1 is 1.11 bits per heavy atom. The van der Waals surface area contributed by atoms with Crippen LogP contribution in [-0.4, -0.2) is 15.9 Å². The van der Waals surface area contributed by atoms with Gasteiger partial charge in [-0.1, -0.05) is 34.8 Å². The monoisotopic (exact) mass is 414 g/mol. The number of halogens is 1. The molecule has 27 heavy (non-hydrogen) atoms. The predicted octanol–water partition coefficient (Wildman–Crippen LogP) is 4.24. The number of aromatic amines is 1. The molecule has 0 aliphatic rings. The molecule has 0 radical (unpaired) electrons. The lowest BCUT2D eigenvalue weighted by molar-refractivity contribution is -0.364. The number of thiazole rings is 1. The van der Waals surface area contributed by atoms with Crippen molar-refractivity contribution in [2.45, 2.75) is 0 Å². The number of nitrogens with two attached hydrogens (primary N) is 1. The molecule has 0 atom stereocenters. The Kier molecular flexibility index (Phi) is 4.85. The van der Waals surface area contributed by atoms with Crippen LogP contribution < -0.4 is 16.0 Å². The molecule has 0 aliphatic carbocycles. The smallest absolute Gasteiger partial charge is 0.297 e. The highest BCUT2D eigenvalue weighted by molar-refractivity contribution is 7.17. The Balaban J connectivity index is 1.51. The van der Waals surface area contributed by atoms with E-state index in [9.17, 15) is 4.79 Å². The second-order valence-corrected chi connectivity index (χ2v) is 7.84. The summed E-state index contributed by atoms with van der Waals surface area (Å²) in [5, 5.41) is 5.83. The molecule has 134 valence electrons. The highest BCUT2D eigenvalue weighted by atomic mass is 35.5. The van der Waals surface area contributed by atoms with Crippen LogP contribution in [0.25, 0.3) is 21.8 Å². The zero-order chi connectivity index (χ0) is 18.8. The van der Waals surface area contributed by atoms with E-state index in [1.54, 1.807) is 18.3 Å². The Hall–Kier alpha value is -2.81. The normalized spacial score (nSPS) is 10.7. The molecule has 3 aromatic heterocycles. The van der Waals surface area contributed by atoms with E-state index in [0.29, 0.717) is 26.7 Å². The quantitative estimate of drug-likeness (QED) is 0.522. The van der Waals surface area contributed by atoms with Gasteiger partial charge in [-0.2, -0.15) is 0 Å².